The average Bonchev–Trinajstić information content (AvgIpc) is 2.66. The SMILES string of the molecule is COc1ccc2c3c1O[C@H]1C[C@H](O)C=CC31CCNC2. The fourth-order valence-corrected chi connectivity index (χ4v) is 3.87. The average molecular weight is 273 g/mol. The van der Waals surface area contributed by atoms with Crippen molar-refractivity contribution < 1.29 is 14.6 Å². The van der Waals surface area contributed by atoms with Crippen LogP contribution in [0.15, 0.2) is 24.3 Å². The molecule has 0 saturated carbocycles. The molecule has 2 N–H and O–H groups in total. The molecule has 0 amide bonds. The molecule has 0 fully saturated rings. The van der Waals surface area contributed by atoms with Gasteiger partial charge in [-0.25, -0.2) is 0 Å². The standard InChI is InChI=1S/C16H19NO3/c1-19-12-3-2-10-9-17-7-6-16-5-4-11(18)8-13(16)20-15(12)14(10)16/h2-5,11,13,17-18H,6-9H2,1H3/t11-,13+,16?/m1/s1. The minimum atomic E-state index is -0.411. The highest BCUT2D eigenvalue weighted by molar-refractivity contribution is 5.60. The van der Waals surface area contributed by atoms with Gasteiger partial charge < -0.3 is 19.9 Å². The second kappa shape index (κ2) is 4.24. The van der Waals surface area contributed by atoms with Gasteiger partial charge in [-0.05, 0) is 24.6 Å². The molecular weight excluding hydrogens is 254 g/mol. The molecule has 106 valence electrons. The summed E-state index contributed by atoms with van der Waals surface area (Å²) in [5.74, 6) is 1.67. The number of aliphatic hydroxyl groups excluding tert-OH is 1. The van der Waals surface area contributed by atoms with Crippen molar-refractivity contribution in [2.24, 2.45) is 0 Å². The van der Waals surface area contributed by atoms with Gasteiger partial charge in [0.15, 0.2) is 11.5 Å². The minimum Gasteiger partial charge on any atom is -0.493 e. The fraction of sp³-hybridized carbons (Fsp3) is 0.500. The fourth-order valence-electron chi connectivity index (χ4n) is 3.87. The van der Waals surface area contributed by atoms with Gasteiger partial charge in [0.05, 0.1) is 18.6 Å². The van der Waals surface area contributed by atoms with Crippen molar-refractivity contribution in [3.63, 3.8) is 0 Å². The van der Waals surface area contributed by atoms with E-state index in [0.717, 1.165) is 31.0 Å². The predicted octanol–water partition coefficient (Wildman–Crippen LogP) is 1.51. The molecule has 0 bridgehead atoms. The van der Waals surface area contributed by atoms with Crippen LogP contribution in [0.25, 0.3) is 0 Å². The Bertz CT molecular complexity index is 583. The van der Waals surface area contributed by atoms with Crippen LogP contribution in [0.2, 0.25) is 0 Å². The molecule has 0 radical (unpaired) electrons. The number of rotatable bonds is 1. The summed E-state index contributed by atoms with van der Waals surface area (Å²) >= 11 is 0. The zero-order valence-electron chi connectivity index (χ0n) is 11.6. The molecule has 1 unspecified atom stereocenters. The maximum atomic E-state index is 9.92. The summed E-state index contributed by atoms with van der Waals surface area (Å²) in [6, 6.07) is 4.11. The van der Waals surface area contributed by atoms with Gasteiger partial charge in [0.2, 0.25) is 0 Å². The highest BCUT2D eigenvalue weighted by Gasteiger charge is 2.52. The number of benzene rings is 1. The van der Waals surface area contributed by atoms with Crippen LogP contribution in [0, 0.1) is 0 Å². The van der Waals surface area contributed by atoms with Crippen molar-refractivity contribution in [2.75, 3.05) is 13.7 Å². The van der Waals surface area contributed by atoms with Crippen molar-refractivity contribution in [3.05, 3.63) is 35.4 Å². The molecule has 1 aromatic rings. The van der Waals surface area contributed by atoms with Crippen molar-refractivity contribution in [1.82, 2.24) is 5.32 Å². The van der Waals surface area contributed by atoms with Gasteiger partial charge in [-0.15, -0.1) is 0 Å². The molecule has 4 nitrogen and oxygen atoms in total. The van der Waals surface area contributed by atoms with Crippen LogP contribution in [0.5, 0.6) is 11.5 Å². The number of aliphatic hydroxyl groups is 1. The third kappa shape index (κ3) is 1.49. The van der Waals surface area contributed by atoms with E-state index in [1.165, 1.54) is 11.1 Å². The second-order valence-corrected chi connectivity index (χ2v) is 5.87. The van der Waals surface area contributed by atoms with E-state index in [9.17, 15) is 5.11 Å². The number of hydrogen-bond donors (Lipinski definition) is 2. The molecule has 0 saturated heterocycles. The van der Waals surface area contributed by atoms with Crippen LogP contribution in [0.1, 0.15) is 24.0 Å². The molecule has 1 aliphatic carbocycles. The maximum absolute atomic E-state index is 9.92. The summed E-state index contributed by atoms with van der Waals surface area (Å²) in [6.07, 6.45) is 5.32. The third-order valence-corrected chi connectivity index (χ3v) is 4.83. The van der Waals surface area contributed by atoms with E-state index < -0.39 is 6.10 Å². The normalized spacial score (nSPS) is 33.9. The van der Waals surface area contributed by atoms with Gasteiger partial charge in [0.1, 0.15) is 6.10 Å². The van der Waals surface area contributed by atoms with Crippen LogP contribution in [0.4, 0.5) is 0 Å². The molecule has 3 aliphatic rings. The smallest absolute Gasteiger partial charge is 0.166 e. The Morgan fingerprint density at radius 1 is 1.45 bits per heavy atom. The quantitative estimate of drug-likeness (QED) is 0.762. The van der Waals surface area contributed by atoms with Crippen molar-refractivity contribution in [1.29, 1.82) is 0 Å². The summed E-state index contributed by atoms with van der Waals surface area (Å²) in [6.45, 7) is 1.82. The highest BCUT2D eigenvalue weighted by Crippen LogP contribution is 2.55. The van der Waals surface area contributed by atoms with E-state index in [4.69, 9.17) is 9.47 Å². The van der Waals surface area contributed by atoms with Crippen LogP contribution in [-0.4, -0.2) is 31.0 Å². The van der Waals surface area contributed by atoms with Crippen molar-refractivity contribution in [3.8, 4) is 11.5 Å². The summed E-state index contributed by atoms with van der Waals surface area (Å²) in [4.78, 5) is 0. The summed E-state index contributed by atoms with van der Waals surface area (Å²) in [5, 5.41) is 13.4. The Morgan fingerprint density at radius 2 is 2.35 bits per heavy atom. The first-order valence-electron chi connectivity index (χ1n) is 7.20. The number of ether oxygens (including phenoxy) is 2. The lowest BCUT2D eigenvalue weighted by Gasteiger charge is -2.35. The maximum Gasteiger partial charge on any atom is 0.166 e. The molecule has 1 spiro atoms. The van der Waals surface area contributed by atoms with Gasteiger partial charge >= 0.3 is 0 Å². The highest BCUT2D eigenvalue weighted by atomic mass is 16.5. The zero-order valence-corrected chi connectivity index (χ0v) is 11.6. The van der Waals surface area contributed by atoms with Gasteiger partial charge in [-0.1, -0.05) is 18.2 Å². The molecule has 1 aromatic carbocycles. The molecule has 2 aliphatic heterocycles. The minimum absolute atomic E-state index is 0.00690. The number of nitrogens with one attached hydrogen (secondary N) is 1. The van der Waals surface area contributed by atoms with E-state index >= 15 is 0 Å². The van der Waals surface area contributed by atoms with Crippen LogP contribution in [-0.2, 0) is 12.0 Å². The van der Waals surface area contributed by atoms with E-state index in [2.05, 4.69) is 17.5 Å². The van der Waals surface area contributed by atoms with Crippen LogP contribution < -0.4 is 14.8 Å². The first-order chi connectivity index (χ1) is 9.74. The monoisotopic (exact) mass is 273 g/mol. The Hall–Kier alpha value is -1.52. The largest absolute Gasteiger partial charge is 0.493 e. The van der Waals surface area contributed by atoms with Gasteiger partial charge in [-0.3, -0.25) is 0 Å². The molecule has 2 heterocycles. The number of hydrogen-bond acceptors (Lipinski definition) is 4. The lowest BCUT2D eigenvalue weighted by atomic mass is 9.69. The van der Waals surface area contributed by atoms with E-state index in [1.807, 2.05) is 12.1 Å². The molecule has 3 atom stereocenters. The van der Waals surface area contributed by atoms with Crippen LogP contribution >= 0.6 is 0 Å². The van der Waals surface area contributed by atoms with Crippen molar-refractivity contribution in [2.45, 2.75) is 37.0 Å². The Morgan fingerprint density at radius 3 is 3.20 bits per heavy atom. The first-order valence-corrected chi connectivity index (χ1v) is 7.20. The lowest BCUT2D eigenvalue weighted by Crippen LogP contribution is -2.42. The van der Waals surface area contributed by atoms with E-state index in [0.29, 0.717) is 6.42 Å². The Labute approximate surface area is 118 Å². The van der Waals surface area contributed by atoms with E-state index in [-0.39, 0.29) is 11.5 Å². The van der Waals surface area contributed by atoms with Gasteiger partial charge in [0, 0.05) is 18.5 Å². The Kier molecular flexibility index (Phi) is 2.59. The first kappa shape index (κ1) is 12.2. The molecule has 4 heteroatoms. The second-order valence-electron chi connectivity index (χ2n) is 5.87. The van der Waals surface area contributed by atoms with Gasteiger partial charge in [0.25, 0.3) is 0 Å². The number of methoxy groups -OCH3 is 1. The molecule has 4 rings (SSSR count). The molecule has 0 aromatic heterocycles. The molecular formula is C16H19NO3. The Balaban J connectivity index is 1.96. The summed E-state index contributed by atoms with van der Waals surface area (Å²) < 4.78 is 11.7. The zero-order chi connectivity index (χ0) is 13.7. The van der Waals surface area contributed by atoms with Crippen LogP contribution in [0.3, 0.4) is 0 Å². The lowest BCUT2D eigenvalue weighted by molar-refractivity contribution is 0.0851. The topological polar surface area (TPSA) is 50.7 Å². The third-order valence-electron chi connectivity index (χ3n) is 4.83. The summed E-state index contributed by atoms with van der Waals surface area (Å²) in [5.41, 5.74) is 2.43. The van der Waals surface area contributed by atoms with Crippen molar-refractivity contribution >= 4 is 0 Å². The van der Waals surface area contributed by atoms with E-state index in [1.54, 1.807) is 7.11 Å². The molecule has 20 heavy (non-hydrogen) atoms. The van der Waals surface area contributed by atoms with Gasteiger partial charge in [-0.2, -0.15) is 0 Å². The summed E-state index contributed by atoms with van der Waals surface area (Å²) in [7, 11) is 1.68. The predicted molar refractivity (Wildman–Crippen MR) is 75.2 cm³/mol.